The lowest BCUT2D eigenvalue weighted by molar-refractivity contribution is 0.00681. The van der Waals surface area contributed by atoms with Crippen LogP contribution in [0.25, 0.3) is 0 Å². The van der Waals surface area contributed by atoms with Crippen molar-refractivity contribution in [3.63, 3.8) is 0 Å². The molecule has 280 valence electrons. The Hall–Kier alpha value is -3.51. The number of carbonyl (C=O) groups is 2. The molecule has 0 aliphatic rings. The summed E-state index contributed by atoms with van der Waals surface area (Å²) in [5, 5.41) is 0. The first kappa shape index (κ1) is 43.5. The summed E-state index contributed by atoms with van der Waals surface area (Å²) in [6.45, 7) is 16.5. The monoisotopic (exact) mass is 712 g/mol. The quantitative estimate of drug-likeness (QED) is 0.117. The lowest BCUT2D eigenvalue weighted by Crippen LogP contribution is -2.27. The summed E-state index contributed by atoms with van der Waals surface area (Å²) in [6.07, 6.45) is 5.26. The van der Waals surface area contributed by atoms with Crippen molar-refractivity contribution in [2.24, 2.45) is 0 Å². The second-order valence-electron chi connectivity index (χ2n) is 13.1. The van der Waals surface area contributed by atoms with Crippen LogP contribution in [0.3, 0.4) is 0 Å². The molecule has 11 nitrogen and oxygen atoms in total. The first-order chi connectivity index (χ1) is 22.9. The van der Waals surface area contributed by atoms with Gasteiger partial charge in [0.2, 0.25) is 11.5 Å². The number of carbonyl (C=O) groups excluding carboxylic acids is 2. The largest absolute Gasteiger partial charge is 0.493 e. The summed E-state index contributed by atoms with van der Waals surface area (Å²) in [5.74, 6) is 1.05. The van der Waals surface area contributed by atoms with E-state index < -0.39 is 34.0 Å². The van der Waals surface area contributed by atoms with Crippen molar-refractivity contribution in [2.75, 3.05) is 61.3 Å². The fraction of sp³-hybridized carbons (Fsp3) is 0.622. The molecule has 0 spiro atoms. The number of ether oxygens (including phenoxy) is 8. The summed E-state index contributed by atoms with van der Waals surface area (Å²) in [4.78, 5) is 26.2. The molecular formula is C37H60O11S. The first-order valence-corrected chi connectivity index (χ1v) is 18.8. The van der Waals surface area contributed by atoms with Gasteiger partial charge in [-0.1, -0.05) is 34.6 Å². The molecule has 2 rings (SSSR count). The van der Waals surface area contributed by atoms with Gasteiger partial charge >= 0.3 is 11.9 Å². The SMILES string of the molecule is CC.COc1cc(C(=O)OC(CCCOc2cc(C(=O)OC(C)(C)C)cc(OC)c2OC)CCOS(C)(C)C(C)(C)C)cc(OC)c1OC. The van der Waals surface area contributed by atoms with E-state index in [-0.39, 0.29) is 22.5 Å². The molecule has 12 heteroatoms. The molecule has 0 saturated heterocycles. The molecule has 0 aliphatic carbocycles. The normalized spacial score (nSPS) is 12.5. The molecule has 0 N–H and O–H groups in total. The number of esters is 2. The van der Waals surface area contributed by atoms with Gasteiger partial charge in [-0.05, 0) is 70.4 Å². The Labute approximate surface area is 295 Å². The average Bonchev–Trinajstić information content (AvgIpc) is 3.04. The third-order valence-corrected chi connectivity index (χ3v) is 11.2. The van der Waals surface area contributed by atoms with Crippen molar-refractivity contribution >= 4 is 22.2 Å². The molecule has 0 fully saturated rings. The molecule has 0 aliphatic heterocycles. The fourth-order valence-electron chi connectivity index (χ4n) is 4.23. The van der Waals surface area contributed by atoms with Crippen LogP contribution in [-0.2, 0) is 13.7 Å². The van der Waals surface area contributed by atoms with Gasteiger partial charge in [-0.15, -0.1) is 10.3 Å². The van der Waals surface area contributed by atoms with E-state index >= 15 is 0 Å². The number of hydrogen-bond donors (Lipinski definition) is 0. The van der Waals surface area contributed by atoms with Gasteiger partial charge in [0.1, 0.15) is 11.7 Å². The zero-order chi connectivity index (χ0) is 37.6. The average molecular weight is 713 g/mol. The van der Waals surface area contributed by atoms with Crippen LogP contribution in [0.15, 0.2) is 24.3 Å². The third-order valence-electron chi connectivity index (χ3n) is 7.47. The van der Waals surface area contributed by atoms with Crippen molar-refractivity contribution in [1.29, 1.82) is 0 Å². The number of rotatable bonds is 17. The molecule has 1 unspecified atom stereocenters. The van der Waals surface area contributed by atoms with Crippen LogP contribution in [0.2, 0.25) is 0 Å². The predicted molar refractivity (Wildman–Crippen MR) is 196 cm³/mol. The molecule has 0 amide bonds. The maximum atomic E-state index is 13.4. The first-order valence-electron chi connectivity index (χ1n) is 16.4. The van der Waals surface area contributed by atoms with Gasteiger partial charge in [0.15, 0.2) is 23.0 Å². The highest BCUT2D eigenvalue weighted by atomic mass is 32.3. The van der Waals surface area contributed by atoms with Gasteiger partial charge in [0, 0.05) is 11.2 Å². The van der Waals surface area contributed by atoms with E-state index in [9.17, 15) is 9.59 Å². The standard InChI is InChI=1S/C35H54O11S.C2H6/c1-34(2,3)46-33(37)24-21-28(40-9)31(42-11)29(22-24)43-17-14-15-25(16-18-44-47(12,13)35(4,5)6)45-32(36)23-19-26(38-7)30(41-10)27(20-23)39-8;1-2/h19-22,25H,14-18H2,1-13H3;1-2H3. The van der Waals surface area contributed by atoms with E-state index in [1.54, 1.807) is 45.0 Å². The number of methoxy groups -OCH3 is 5. The molecule has 0 radical (unpaired) electrons. The molecular weight excluding hydrogens is 652 g/mol. The van der Waals surface area contributed by atoms with Crippen molar-refractivity contribution in [3.8, 4) is 34.5 Å². The molecule has 0 bridgehead atoms. The van der Waals surface area contributed by atoms with E-state index in [0.717, 1.165) is 0 Å². The smallest absolute Gasteiger partial charge is 0.338 e. The highest BCUT2D eigenvalue weighted by molar-refractivity contribution is 8.29. The zero-order valence-corrected chi connectivity index (χ0v) is 33.1. The molecule has 2 aromatic carbocycles. The van der Waals surface area contributed by atoms with E-state index in [1.807, 2.05) is 13.8 Å². The molecule has 0 saturated carbocycles. The van der Waals surface area contributed by atoms with E-state index in [2.05, 4.69) is 33.3 Å². The second-order valence-corrected chi connectivity index (χ2v) is 17.0. The number of hydrogen-bond acceptors (Lipinski definition) is 11. The van der Waals surface area contributed by atoms with Crippen LogP contribution in [0.4, 0.5) is 0 Å². The molecule has 49 heavy (non-hydrogen) atoms. The van der Waals surface area contributed by atoms with Crippen molar-refractivity contribution in [2.45, 2.75) is 91.1 Å². The lowest BCUT2D eigenvalue weighted by atomic mass is 10.1. The fourth-order valence-corrected chi connectivity index (χ4v) is 5.10. The topological polar surface area (TPSA) is 117 Å². The van der Waals surface area contributed by atoms with Crippen LogP contribution in [0, 0.1) is 0 Å². The predicted octanol–water partition coefficient (Wildman–Crippen LogP) is 8.28. The Kier molecular flexibility index (Phi) is 17.4. The van der Waals surface area contributed by atoms with Gasteiger partial charge < -0.3 is 42.1 Å². The maximum Gasteiger partial charge on any atom is 0.338 e. The van der Waals surface area contributed by atoms with Crippen LogP contribution in [0.1, 0.15) is 95.4 Å². The van der Waals surface area contributed by atoms with Crippen LogP contribution < -0.4 is 28.4 Å². The molecule has 0 heterocycles. The van der Waals surface area contributed by atoms with Crippen LogP contribution in [-0.4, -0.2) is 89.7 Å². The number of benzene rings is 2. The summed E-state index contributed by atoms with van der Waals surface area (Å²) in [5.41, 5.74) is -0.142. The van der Waals surface area contributed by atoms with Crippen molar-refractivity contribution < 1.29 is 51.7 Å². The molecule has 2 aromatic rings. The second kappa shape index (κ2) is 19.6. The molecule has 1 atom stereocenters. The maximum absolute atomic E-state index is 13.4. The summed E-state index contributed by atoms with van der Waals surface area (Å²) >= 11 is 0. The zero-order valence-electron chi connectivity index (χ0n) is 32.3. The van der Waals surface area contributed by atoms with Crippen LogP contribution >= 0.6 is 10.3 Å². The van der Waals surface area contributed by atoms with Gasteiger partial charge in [-0.3, -0.25) is 0 Å². The Morgan fingerprint density at radius 2 is 1.10 bits per heavy atom. The van der Waals surface area contributed by atoms with Crippen molar-refractivity contribution in [1.82, 2.24) is 0 Å². The van der Waals surface area contributed by atoms with E-state index in [4.69, 9.17) is 42.1 Å². The van der Waals surface area contributed by atoms with Gasteiger partial charge in [0.05, 0.1) is 59.9 Å². The third kappa shape index (κ3) is 13.0. The summed E-state index contributed by atoms with van der Waals surface area (Å²) in [6, 6.07) is 6.25. The Morgan fingerprint density at radius 1 is 0.653 bits per heavy atom. The highest BCUT2D eigenvalue weighted by Crippen LogP contribution is 2.53. The minimum atomic E-state index is -1.37. The highest BCUT2D eigenvalue weighted by Gasteiger charge is 2.29. The summed E-state index contributed by atoms with van der Waals surface area (Å²) < 4.78 is 51.2. The van der Waals surface area contributed by atoms with E-state index in [1.165, 1.54) is 35.5 Å². The van der Waals surface area contributed by atoms with Crippen LogP contribution in [0.5, 0.6) is 34.5 Å². The Morgan fingerprint density at radius 3 is 1.53 bits per heavy atom. The molecule has 0 aromatic heterocycles. The Balaban J connectivity index is 0.00000589. The minimum absolute atomic E-state index is 0.0167. The Bertz CT molecular complexity index is 1320. The van der Waals surface area contributed by atoms with E-state index in [0.29, 0.717) is 60.4 Å². The van der Waals surface area contributed by atoms with Gasteiger partial charge in [-0.2, -0.15) is 0 Å². The van der Waals surface area contributed by atoms with Gasteiger partial charge in [-0.25, -0.2) is 9.59 Å². The lowest BCUT2D eigenvalue weighted by Gasteiger charge is -2.43. The minimum Gasteiger partial charge on any atom is -0.493 e. The van der Waals surface area contributed by atoms with Crippen molar-refractivity contribution in [3.05, 3.63) is 35.4 Å². The summed E-state index contributed by atoms with van der Waals surface area (Å²) in [7, 11) is 6.08. The van der Waals surface area contributed by atoms with Gasteiger partial charge in [0.25, 0.3) is 0 Å².